The van der Waals surface area contributed by atoms with Gasteiger partial charge in [-0.15, -0.1) is 10.2 Å². The monoisotopic (exact) mass is 376 g/mol. The second-order valence-electron chi connectivity index (χ2n) is 6.44. The molecule has 0 aliphatic carbocycles. The van der Waals surface area contributed by atoms with E-state index in [-0.39, 0.29) is 18.1 Å². The number of hydrogen-bond acceptors (Lipinski definition) is 6. The number of benzene rings is 1. The Morgan fingerprint density at radius 3 is 2.50 bits per heavy atom. The van der Waals surface area contributed by atoms with E-state index in [1.807, 2.05) is 54.6 Å². The van der Waals surface area contributed by atoms with Crippen molar-refractivity contribution < 1.29 is 14.3 Å². The fourth-order valence-electron chi connectivity index (χ4n) is 3.03. The molecule has 1 amide bonds. The molecule has 0 unspecified atom stereocenters. The fraction of sp³-hybridized carbons (Fsp3) is 0.500. The van der Waals surface area contributed by atoms with Crippen molar-refractivity contribution in [3.05, 3.63) is 24.3 Å². The molecule has 2 atom stereocenters. The second kappa shape index (κ2) is 8.09. The highest BCUT2D eigenvalue weighted by molar-refractivity contribution is 7.99. The van der Waals surface area contributed by atoms with Gasteiger partial charge in [0.1, 0.15) is 5.75 Å². The first kappa shape index (κ1) is 18.7. The van der Waals surface area contributed by atoms with E-state index < -0.39 is 0 Å². The molecule has 3 rings (SSSR count). The predicted octanol–water partition coefficient (Wildman–Crippen LogP) is 2.22. The van der Waals surface area contributed by atoms with Crippen LogP contribution in [0.2, 0.25) is 0 Å². The lowest BCUT2D eigenvalue weighted by Gasteiger charge is -2.35. The van der Waals surface area contributed by atoms with Crippen LogP contribution in [-0.4, -0.2) is 63.7 Å². The highest BCUT2D eigenvalue weighted by Crippen LogP contribution is 2.25. The van der Waals surface area contributed by atoms with Gasteiger partial charge in [-0.1, -0.05) is 11.8 Å². The Bertz CT molecular complexity index is 752. The highest BCUT2D eigenvalue weighted by atomic mass is 32.2. The smallest absolute Gasteiger partial charge is 0.233 e. The number of amides is 1. The minimum Gasteiger partial charge on any atom is -0.497 e. The minimum atomic E-state index is 0.0733. The van der Waals surface area contributed by atoms with E-state index in [0.717, 1.165) is 22.3 Å². The van der Waals surface area contributed by atoms with Crippen molar-refractivity contribution in [3.8, 4) is 17.1 Å². The highest BCUT2D eigenvalue weighted by Gasteiger charge is 2.26. The van der Waals surface area contributed by atoms with E-state index >= 15 is 0 Å². The lowest BCUT2D eigenvalue weighted by Crippen LogP contribution is -2.48. The SMILES string of the molecule is COc1ccc(-c2nnc(SCC(=O)N3C[C@@H](C)O[C@H](C)C3)n2C)cc1. The molecule has 2 aromatic rings. The van der Waals surface area contributed by atoms with Gasteiger partial charge in [0.05, 0.1) is 25.1 Å². The molecule has 0 saturated carbocycles. The number of methoxy groups -OCH3 is 1. The first-order valence-electron chi connectivity index (χ1n) is 8.57. The van der Waals surface area contributed by atoms with E-state index in [2.05, 4.69) is 10.2 Å². The summed E-state index contributed by atoms with van der Waals surface area (Å²) in [6.45, 7) is 5.26. The first-order chi connectivity index (χ1) is 12.5. The van der Waals surface area contributed by atoms with Crippen LogP contribution in [-0.2, 0) is 16.6 Å². The van der Waals surface area contributed by atoms with Crippen LogP contribution in [0.5, 0.6) is 5.75 Å². The third-order valence-electron chi connectivity index (χ3n) is 4.28. The van der Waals surface area contributed by atoms with Gasteiger partial charge in [-0.25, -0.2) is 0 Å². The van der Waals surface area contributed by atoms with Crippen molar-refractivity contribution >= 4 is 17.7 Å². The molecule has 1 aliphatic heterocycles. The molecule has 0 N–H and O–H groups in total. The lowest BCUT2D eigenvalue weighted by atomic mass is 10.2. The van der Waals surface area contributed by atoms with Crippen molar-refractivity contribution in [2.24, 2.45) is 7.05 Å². The normalized spacial score (nSPS) is 20.2. The van der Waals surface area contributed by atoms with E-state index in [0.29, 0.717) is 18.8 Å². The van der Waals surface area contributed by atoms with Crippen LogP contribution in [0.1, 0.15) is 13.8 Å². The van der Waals surface area contributed by atoms with Crippen LogP contribution in [0, 0.1) is 0 Å². The Labute approximate surface area is 157 Å². The molecule has 8 heteroatoms. The van der Waals surface area contributed by atoms with Gasteiger partial charge in [-0.3, -0.25) is 4.79 Å². The Morgan fingerprint density at radius 1 is 1.23 bits per heavy atom. The molecule has 1 aromatic heterocycles. The average molecular weight is 376 g/mol. The molecule has 0 spiro atoms. The first-order valence-corrected chi connectivity index (χ1v) is 9.56. The number of hydrogen-bond donors (Lipinski definition) is 0. The minimum absolute atomic E-state index is 0.0733. The van der Waals surface area contributed by atoms with Gasteiger partial charge in [0, 0.05) is 25.7 Å². The molecule has 1 aliphatic rings. The van der Waals surface area contributed by atoms with Gasteiger partial charge in [-0.05, 0) is 38.1 Å². The molecule has 0 bridgehead atoms. The number of nitrogens with zero attached hydrogens (tertiary/aromatic N) is 4. The standard InChI is InChI=1S/C18H24N4O3S/c1-12-9-22(10-13(2)25-12)16(23)11-26-18-20-19-17(21(18)3)14-5-7-15(24-4)8-6-14/h5-8,12-13H,9-11H2,1-4H3/t12-,13-/m1/s1. The van der Waals surface area contributed by atoms with E-state index in [1.54, 1.807) is 7.11 Å². The average Bonchev–Trinajstić information content (AvgIpc) is 2.99. The number of morpholine rings is 1. The topological polar surface area (TPSA) is 69.5 Å². The van der Waals surface area contributed by atoms with Gasteiger partial charge in [0.15, 0.2) is 11.0 Å². The summed E-state index contributed by atoms with van der Waals surface area (Å²) in [7, 11) is 3.55. The zero-order valence-electron chi connectivity index (χ0n) is 15.5. The summed E-state index contributed by atoms with van der Waals surface area (Å²) in [5, 5.41) is 9.21. The van der Waals surface area contributed by atoms with E-state index in [9.17, 15) is 4.79 Å². The van der Waals surface area contributed by atoms with Gasteiger partial charge in [-0.2, -0.15) is 0 Å². The maximum absolute atomic E-state index is 12.5. The largest absolute Gasteiger partial charge is 0.497 e. The maximum atomic E-state index is 12.5. The summed E-state index contributed by atoms with van der Waals surface area (Å²) in [5.74, 6) is 2.00. The summed E-state index contributed by atoms with van der Waals surface area (Å²) < 4.78 is 12.8. The number of ether oxygens (including phenoxy) is 2. The Morgan fingerprint density at radius 2 is 1.88 bits per heavy atom. The van der Waals surface area contributed by atoms with Gasteiger partial charge in [0.25, 0.3) is 0 Å². The third-order valence-corrected chi connectivity index (χ3v) is 5.29. The van der Waals surface area contributed by atoms with Crippen molar-refractivity contribution in [2.75, 3.05) is 26.0 Å². The van der Waals surface area contributed by atoms with Crippen LogP contribution >= 0.6 is 11.8 Å². The molecule has 26 heavy (non-hydrogen) atoms. The van der Waals surface area contributed by atoms with E-state index in [4.69, 9.17) is 9.47 Å². The Balaban J connectivity index is 1.63. The summed E-state index contributed by atoms with van der Waals surface area (Å²) in [6, 6.07) is 7.67. The quantitative estimate of drug-likeness (QED) is 0.746. The summed E-state index contributed by atoms with van der Waals surface area (Å²) in [4.78, 5) is 14.4. The molecular formula is C18H24N4O3S. The van der Waals surface area contributed by atoms with Gasteiger partial charge >= 0.3 is 0 Å². The predicted molar refractivity (Wildman–Crippen MR) is 100 cm³/mol. The van der Waals surface area contributed by atoms with Crippen LogP contribution in [0.15, 0.2) is 29.4 Å². The second-order valence-corrected chi connectivity index (χ2v) is 7.38. The third kappa shape index (κ3) is 4.19. The molecular weight excluding hydrogens is 352 g/mol. The van der Waals surface area contributed by atoms with Crippen molar-refractivity contribution in [3.63, 3.8) is 0 Å². The molecule has 7 nitrogen and oxygen atoms in total. The van der Waals surface area contributed by atoms with Crippen LogP contribution in [0.3, 0.4) is 0 Å². The van der Waals surface area contributed by atoms with Crippen LogP contribution in [0.4, 0.5) is 0 Å². The molecule has 1 fully saturated rings. The number of rotatable bonds is 5. The molecule has 1 saturated heterocycles. The summed E-state index contributed by atoms with van der Waals surface area (Å²) >= 11 is 1.41. The molecule has 140 valence electrons. The van der Waals surface area contributed by atoms with Gasteiger partial charge in [0.2, 0.25) is 5.91 Å². The summed E-state index contributed by atoms with van der Waals surface area (Å²) in [6.07, 6.45) is 0.147. The zero-order chi connectivity index (χ0) is 18.7. The van der Waals surface area contributed by atoms with Crippen molar-refractivity contribution in [1.82, 2.24) is 19.7 Å². The molecule has 1 aromatic carbocycles. The van der Waals surface area contributed by atoms with Crippen LogP contribution in [0.25, 0.3) is 11.4 Å². The number of aromatic nitrogens is 3. The lowest BCUT2D eigenvalue weighted by molar-refractivity contribution is -0.140. The van der Waals surface area contributed by atoms with E-state index in [1.165, 1.54) is 11.8 Å². The fourth-order valence-corrected chi connectivity index (χ4v) is 3.84. The summed E-state index contributed by atoms with van der Waals surface area (Å²) in [5.41, 5.74) is 0.954. The number of carbonyl (C=O) groups excluding carboxylic acids is 1. The number of carbonyl (C=O) groups is 1. The Kier molecular flexibility index (Phi) is 5.83. The van der Waals surface area contributed by atoms with Crippen molar-refractivity contribution in [2.45, 2.75) is 31.2 Å². The van der Waals surface area contributed by atoms with Gasteiger partial charge < -0.3 is 18.9 Å². The Hall–Kier alpha value is -2.06. The maximum Gasteiger partial charge on any atom is 0.233 e. The van der Waals surface area contributed by atoms with Crippen molar-refractivity contribution in [1.29, 1.82) is 0 Å². The van der Waals surface area contributed by atoms with Crippen LogP contribution < -0.4 is 4.74 Å². The zero-order valence-corrected chi connectivity index (χ0v) is 16.3. The molecule has 2 heterocycles. The molecule has 0 radical (unpaired) electrons. The number of thioether (sulfide) groups is 1.